The summed E-state index contributed by atoms with van der Waals surface area (Å²) in [5, 5.41) is 0. The van der Waals surface area contributed by atoms with Crippen molar-refractivity contribution < 1.29 is 14.3 Å². The first kappa shape index (κ1) is 11.3. The van der Waals surface area contributed by atoms with Gasteiger partial charge in [0, 0.05) is 0 Å². The smallest absolute Gasteiger partial charge is 0.434 e. The highest BCUT2D eigenvalue weighted by Gasteiger charge is 2.01. The Morgan fingerprint density at radius 2 is 2.08 bits per heavy atom. The molecule has 0 unspecified atom stereocenters. The van der Waals surface area contributed by atoms with Crippen LogP contribution >= 0.6 is 0 Å². The Hall–Kier alpha value is -0.730. The average Bonchev–Trinajstić information content (AvgIpc) is 2.09. The van der Waals surface area contributed by atoms with Crippen LogP contribution < -0.4 is 0 Å². The van der Waals surface area contributed by atoms with E-state index in [9.17, 15) is 4.79 Å². The second kappa shape index (κ2) is 8.37. The van der Waals surface area contributed by atoms with E-state index in [1.807, 2.05) is 6.92 Å². The first-order chi connectivity index (χ1) is 5.81. The third-order valence-electron chi connectivity index (χ3n) is 1.31. The maximum absolute atomic E-state index is 10.7. The van der Waals surface area contributed by atoms with Crippen LogP contribution in [0, 0.1) is 6.61 Å². The molecule has 0 atom stereocenters. The Morgan fingerprint density at radius 1 is 1.33 bits per heavy atom. The highest BCUT2D eigenvalue weighted by molar-refractivity contribution is 5.60. The monoisotopic (exact) mass is 173 g/mol. The molecule has 0 aliphatic rings. The van der Waals surface area contributed by atoms with Gasteiger partial charge in [0.2, 0.25) is 0 Å². The van der Waals surface area contributed by atoms with Gasteiger partial charge < -0.3 is 9.47 Å². The molecule has 0 saturated heterocycles. The van der Waals surface area contributed by atoms with Crippen LogP contribution in [0.2, 0.25) is 0 Å². The van der Waals surface area contributed by atoms with Gasteiger partial charge in [0.05, 0.1) is 6.61 Å². The van der Waals surface area contributed by atoms with Gasteiger partial charge in [-0.3, -0.25) is 0 Å². The third-order valence-corrected chi connectivity index (χ3v) is 1.31. The van der Waals surface area contributed by atoms with E-state index < -0.39 is 6.16 Å². The molecule has 0 fully saturated rings. The first-order valence-corrected chi connectivity index (χ1v) is 4.46. The molecule has 0 rings (SSSR count). The van der Waals surface area contributed by atoms with Gasteiger partial charge in [0.15, 0.2) is 0 Å². The molecule has 3 nitrogen and oxygen atoms in total. The lowest BCUT2D eigenvalue weighted by Crippen LogP contribution is -2.06. The molecule has 12 heavy (non-hydrogen) atoms. The molecule has 0 aromatic heterocycles. The maximum Gasteiger partial charge on any atom is 0.508 e. The van der Waals surface area contributed by atoms with Crippen LogP contribution in [0.5, 0.6) is 0 Å². The van der Waals surface area contributed by atoms with Gasteiger partial charge in [0.25, 0.3) is 0 Å². The van der Waals surface area contributed by atoms with Crippen LogP contribution in [-0.4, -0.2) is 12.8 Å². The van der Waals surface area contributed by atoms with Crippen molar-refractivity contribution in [2.75, 3.05) is 6.61 Å². The van der Waals surface area contributed by atoms with E-state index in [4.69, 9.17) is 4.74 Å². The minimum atomic E-state index is -0.590. The summed E-state index contributed by atoms with van der Waals surface area (Å²) >= 11 is 0. The average molecular weight is 173 g/mol. The summed E-state index contributed by atoms with van der Waals surface area (Å²) in [5.41, 5.74) is 0. The van der Waals surface area contributed by atoms with Crippen molar-refractivity contribution in [2.24, 2.45) is 0 Å². The number of carbonyl (C=O) groups is 1. The zero-order chi connectivity index (χ0) is 9.23. The topological polar surface area (TPSA) is 35.5 Å². The van der Waals surface area contributed by atoms with E-state index in [0.29, 0.717) is 13.0 Å². The number of hydrogen-bond acceptors (Lipinski definition) is 3. The van der Waals surface area contributed by atoms with Crippen LogP contribution in [0.15, 0.2) is 0 Å². The van der Waals surface area contributed by atoms with Gasteiger partial charge in [-0.05, 0) is 12.8 Å². The summed E-state index contributed by atoms with van der Waals surface area (Å²) in [4.78, 5) is 10.7. The van der Waals surface area contributed by atoms with Gasteiger partial charge in [-0.1, -0.05) is 26.7 Å². The zero-order valence-electron chi connectivity index (χ0n) is 7.84. The quantitative estimate of drug-likeness (QED) is 0.457. The molecule has 0 amide bonds. The summed E-state index contributed by atoms with van der Waals surface area (Å²) in [5.74, 6) is 0. The van der Waals surface area contributed by atoms with Gasteiger partial charge in [-0.15, -0.1) is 0 Å². The Balaban J connectivity index is 3.08. The number of rotatable bonds is 6. The first-order valence-electron chi connectivity index (χ1n) is 4.46. The SMILES string of the molecule is CC[CH]OC(=O)OCCCCC. The molecule has 0 aromatic carbocycles. The molecule has 0 saturated carbocycles. The summed E-state index contributed by atoms with van der Waals surface area (Å²) in [6, 6.07) is 0. The Labute approximate surface area is 74.0 Å². The molecule has 3 heteroatoms. The Morgan fingerprint density at radius 3 is 2.67 bits per heavy atom. The fourth-order valence-corrected chi connectivity index (χ4v) is 0.693. The summed E-state index contributed by atoms with van der Waals surface area (Å²) in [6.45, 7) is 5.89. The lowest BCUT2D eigenvalue weighted by Gasteiger charge is -2.03. The maximum atomic E-state index is 10.7. The number of unbranched alkanes of at least 4 members (excludes halogenated alkanes) is 2. The molecule has 0 aromatic rings. The van der Waals surface area contributed by atoms with Crippen molar-refractivity contribution in [3.63, 3.8) is 0 Å². The van der Waals surface area contributed by atoms with Gasteiger partial charge >= 0.3 is 6.16 Å². The van der Waals surface area contributed by atoms with E-state index >= 15 is 0 Å². The lowest BCUT2D eigenvalue weighted by atomic mass is 10.3. The van der Waals surface area contributed by atoms with Crippen molar-refractivity contribution in [3.8, 4) is 0 Å². The number of carbonyl (C=O) groups excluding carboxylic acids is 1. The summed E-state index contributed by atoms with van der Waals surface area (Å²) < 4.78 is 9.34. The predicted molar refractivity (Wildman–Crippen MR) is 46.5 cm³/mol. The number of hydrogen-bond donors (Lipinski definition) is 0. The normalized spacial score (nSPS) is 9.50. The minimum Gasteiger partial charge on any atom is -0.434 e. The van der Waals surface area contributed by atoms with E-state index in [0.717, 1.165) is 19.3 Å². The molecule has 0 N–H and O–H groups in total. The van der Waals surface area contributed by atoms with Gasteiger partial charge in [-0.25, -0.2) is 4.79 Å². The fourth-order valence-electron chi connectivity index (χ4n) is 0.693. The molecule has 0 spiro atoms. The van der Waals surface area contributed by atoms with Crippen molar-refractivity contribution in [1.82, 2.24) is 0 Å². The Bertz CT molecular complexity index is 112. The highest BCUT2D eigenvalue weighted by atomic mass is 16.7. The van der Waals surface area contributed by atoms with Crippen molar-refractivity contribution in [1.29, 1.82) is 0 Å². The van der Waals surface area contributed by atoms with E-state index in [1.54, 1.807) is 0 Å². The zero-order valence-corrected chi connectivity index (χ0v) is 7.84. The van der Waals surface area contributed by atoms with Gasteiger partial charge in [-0.2, -0.15) is 0 Å². The second-order valence-corrected chi connectivity index (χ2v) is 2.50. The number of ether oxygens (including phenoxy) is 2. The van der Waals surface area contributed by atoms with Gasteiger partial charge in [0.1, 0.15) is 6.61 Å². The largest absolute Gasteiger partial charge is 0.508 e. The fraction of sp³-hybridized carbons (Fsp3) is 0.778. The van der Waals surface area contributed by atoms with Crippen LogP contribution in [0.25, 0.3) is 0 Å². The molecule has 71 valence electrons. The summed E-state index contributed by atoms with van der Waals surface area (Å²) in [7, 11) is 0. The summed E-state index contributed by atoms with van der Waals surface area (Å²) in [6.07, 6.45) is 3.25. The minimum absolute atomic E-state index is 0.463. The van der Waals surface area contributed by atoms with Crippen molar-refractivity contribution in [2.45, 2.75) is 39.5 Å². The molecular weight excluding hydrogens is 156 g/mol. The van der Waals surface area contributed by atoms with E-state index in [1.165, 1.54) is 6.61 Å². The van der Waals surface area contributed by atoms with Crippen LogP contribution in [0.4, 0.5) is 4.79 Å². The molecule has 0 aliphatic carbocycles. The van der Waals surface area contributed by atoms with E-state index in [-0.39, 0.29) is 0 Å². The lowest BCUT2D eigenvalue weighted by molar-refractivity contribution is 0.0714. The second-order valence-electron chi connectivity index (χ2n) is 2.50. The predicted octanol–water partition coefficient (Wildman–Crippen LogP) is 2.90. The third kappa shape index (κ3) is 7.38. The standard InChI is InChI=1S/C9H17O3/c1-3-5-6-8-12-9(10)11-7-4-2/h7H,3-6,8H2,1-2H3. The van der Waals surface area contributed by atoms with Crippen molar-refractivity contribution in [3.05, 3.63) is 6.61 Å². The van der Waals surface area contributed by atoms with Crippen LogP contribution in [-0.2, 0) is 9.47 Å². The highest BCUT2D eigenvalue weighted by Crippen LogP contribution is 1.97. The molecule has 0 bridgehead atoms. The molecule has 1 radical (unpaired) electrons. The molecular formula is C9H17O3. The molecule has 0 heterocycles. The Kier molecular flexibility index (Phi) is 7.86. The van der Waals surface area contributed by atoms with Crippen LogP contribution in [0.1, 0.15) is 39.5 Å². The van der Waals surface area contributed by atoms with Crippen molar-refractivity contribution >= 4 is 6.16 Å². The van der Waals surface area contributed by atoms with E-state index in [2.05, 4.69) is 11.7 Å². The molecule has 0 aliphatic heterocycles. The van der Waals surface area contributed by atoms with Crippen LogP contribution in [0.3, 0.4) is 0 Å².